The minimum Gasteiger partial charge on any atom is -0.378 e. The molecule has 3 nitrogen and oxygen atoms in total. The van der Waals surface area contributed by atoms with E-state index in [0.29, 0.717) is 23.4 Å². The molecule has 1 aliphatic heterocycles. The average molecular weight is 268 g/mol. The minimum absolute atomic E-state index is 0.355. The van der Waals surface area contributed by atoms with Crippen molar-refractivity contribution in [1.82, 2.24) is 4.90 Å². The molecule has 0 radical (unpaired) electrons. The van der Waals surface area contributed by atoms with Crippen LogP contribution in [0.15, 0.2) is 0 Å². The Hall–Kier alpha value is -0.120. The molecule has 0 amide bonds. The van der Waals surface area contributed by atoms with Gasteiger partial charge in [-0.3, -0.25) is 4.90 Å². The normalized spacial score (nSPS) is 40.3. The lowest BCUT2D eigenvalue weighted by Crippen LogP contribution is -2.53. The van der Waals surface area contributed by atoms with Crippen molar-refractivity contribution in [2.45, 2.75) is 59.0 Å². The molecule has 0 bridgehead atoms. The lowest BCUT2D eigenvalue weighted by Gasteiger charge is -2.49. The van der Waals surface area contributed by atoms with E-state index in [1.165, 1.54) is 25.8 Å². The van der Waals surface area contributed by atoms with Gasteiger partial charge < -0.3 is 10.5 Å². The van der Waals surface area contributed by atoms with Gasteiger partial charge in [0.05, 0.1) is 13.2 Å². The number of nitrogens with zero attached hydrogens (tertiary/aromatic N) is 1. The van der Waals surface area contributed by atoms with E-state index in [1.54, 1.807) is 0 Å². The minimum atomic E-state index is 0.355. The van der Waals surface area contributed by atoms with Crippen LogP contribution in [0.4, 0.5) is 0 Å². The molecule has 2 fully saturated rings. The van der Waals surface area contributed by atoms with Crippen LogP contribution in [0.5, 0.6) is 0 Å². The summed E-state index contributed by atoms with van der Waals surface area (Å²) >= 11 is 0. The van der Waals surface area contributed by atoms with Crippen molar-refractivity contribution in [2.75, 3.05) is 26.3 Å². The van der Waals surface area contributed by atoms with Crippen LogP contribution in [0.3, 0.4) is 0 Å². The number of hydrogen-bond acceptors (Lipinski definition) is 3. The van der Waals surface area contributed by atoms with Crippen LogP contribution >= 0.6 is 0 Å². The van der Waals surface area contributed by atoms with Crippen molar-refractivity contribution in [2.24, 2.45) is 23.0 Å². The smallest absolute Gasteiger partial charge is 0.0622 e. The zero-order chi connectivity index (χ0) is 14.0. The summed E-state index contributed by atoms with van der Waals surface area (Å²) in [6, 6.07) is 1.01. The van der Waals surface area contributed by atoms with Crippen LogP contribution in [0.25, 0.3) is 0 Å². The van der Waals surface area contributed by atoms with E-state index in [0.717, 1.165) is 25.7 Å². The zero-order valence-corrected chi connectivity index (χ0v) is 13.2. The Labute approximate surface area is 118 Å². The maximum Gasteiger partial charge on any atom is 0.0622 e. The number of ether oxygens (including phenoxy) is 1. The quantitative estimate of drug-likeness (QED) is 0.854. The van der Waals surface area contributed by atoms with Gasteiger partial charge in [-0.25, -0.2) is 0 Å². The molecule has 19 heavy (non-hydrogen) atoms. The summed E-state index contributed by atoms with van der Waals surface area (Å²) in [6.07, 6.45) is 3.67. The highest BCUT2D eigenvalue weighted by molar-refractivity contribution is 4.95. The van der Waals surface area contributed by atoms with Crippen LogP contribution in [-0.2, 0) is 4.74 Å². The number of hydrogen-bond donors (Lipinski definition) is 1. The average Bonchev–Trinajstić information content (AvgIpc) is 2.40. The maximum absolute atomic E-state index is 6.27. The second kappa shape index (κ2) is 6.11. The molecule has 1 heterocycles. The van der Waals surface area contributed by atoms with Crippen molar-refractivity contribution in [1.29, 1.82) is 0 Å². The first-order valence-electron chi connectivity index (χ1n) is 8.04. The predicted molar refractivity (Wildman–Crippen MR) is 80.1 cm³/mol. The van der Waals surface area contributed by atoms with Crippen molar-refractivity contribution in [3.63, 3.8) is 0 Å². The summed E-state index contributed by atoms with van der Waals surface area (Å²) in [5.41, 5.74) is 6.62. The topological polar surface area (TPSA) is 38.5 Å². The first kappa shape index (κ1) is 15.3. The molecule has 3 heteroatoms. The van der Waals surface area contributed by atoms with Gasteiger partial charge in [0.1, 0.15) is 0 Å². The third-order valence-corrected chi connectivity index (χ3v) is 5.99. The van der Waals surface area contributed by atoms with E-state index in [-0.39, 0.29) is 0 Å². The van der Waals surface area contributed by atoms with Crippen molar-refractivity contribution < 1.29 is 4.74 Å². The highest BCUT2D eigenvalue weighted by Gasteiger charge is 2.42. The Balaban J connectivity index is 2.01. The number of rotatable bonds is 3. The molecule has 4 atom stereocenters. The van der Waals surface area contributed by atoms with Gasteiger partial charge in [-0.1, -0.05) is 27.7 Å². The molecule has 0 aromatic rings. The molecule has 4 unspecified atom stereocenters. The molecule has 1 saturated carbocycles. The lowest BCUT2D eigenvalue weighted by molar-refractivity contribution is -0.0418. The highest BCUT2D eigenvalue weighted by atomic mass is 16.5. The monoisotopic (exact) mass is 268 g/mol. The summed E-state index contributed by atoms with van der Waals surface area (Å²) in [7, 11) is 0. The van der Waals surface area contributed by atoms with Gasteiger partial charge in [-0.15, -0.1) is 0 Å². The van der Waals surface area contributed by atoms with Crippen LogP contribution in [0.1, 0.15) is 47.0 Å². The predicted octanol–water partition coefficient (Wildman–Crippen LogP) is 2.50. The summed E-state index contributed by atoms with van der Waals surface area (Å²) < 4.78 is 5.62. The summed E-state index contributed by atoms with van der Waals surface area (Å²) in [5, 5.41) is 0. The summed E-state index contributed by atoms with van der Waals surface area (Å²) in [4.78, 5) is 2.67. The largest absolute Gasteiger partial charge is 0.378 e. The third kappa shape index (κ3) is 3.14. The number of nitrogens with two attached hydrogens (primary N) is 1. The second-order valence-electron chi connectivity index (χ2n) is 7.18. The molecule has 2 aliphatic rings. The van der Waals surface area contributed by atoms with Gasteiger partial charge in [0.2, 0.25) is 0 Å². The molecule has 1 aliphatic carbocycles. The van der Waals surface area contributed by atoms with E-state index >= 15 is 0 Å². The molecular formula is C16H32N2O. The van der Waals surface area contributed by atoms with E-state index < -0.39 is 0 Å². The van der Waals surface area contributed by atoms with Gasteiger partial charge in [-0.05, 0) is 36.5 Å². The first-order chi connectivity index (χ1) is 8.96. The maximum atomic E-state index is 6.27. The van der Waals surface area contributed by atoms with Gasteiger partial charge >= 0.3 is 0 Å². The Morgan fingerprint density at radius 3 is 2.74 bits per heavy atom. The van der Waals surface area contributed by atoms with Gasteiger partial charge in [0.15, 0.2) is 0 Å². The molecule has 0 spiro atoms. The fourth-order valence-electron chi connectivity index (χ4n) is 3.85. The molecule has 2 N–H and O–H groups in total. The second-order valence-corrected chi connectivity index (χ2v) is 7.18. The van der Waals surface area contributed by atoms with Gasteiger partial charge in [0.25, 0.3) is 0 Å². The molecule has 0 aromatic carbocycles. The zero-order valence-electron chi connectivity index (χ0n) is 13.2. The third-order valence-electron chi connectivity index (χ3n) is 5.99. The summed E-state index contributed by atoms with van der Waals surface area (Å²) in [5.74, 6) is 1.39. The van der Waals surface area contributed by atoms with Crippen molar-refractivity contribution >= 4 is 0 Å². The Bertz CT molecular complexity index is 292. The molecule has 0 aromatic heterocycles. The lowest BCUT2D eigenvalue weighted by atomic mass is 9.61. The SMILES string of the molecule is CCC1COCCN1CC1CCC(N)C(C)C1(C)C. The van der Waals surface area contributed by atoms with Crippen molar-refractivity contribution in [3.05, 3.63) is 0 Å². The molecule has 112 valence electrons. The summed E-state index contributed by atoms with van der Waals surface area (Å²) in [6.45, 7) is 13.6. The van der Waals surface area contributed by atoms with Crippen LogP contribution in [0.2, 0.25) is 0 Å². The van der Waals surface area contributed by atoms with Crippen molar-refractivity contribution in [3.8, 4) is 0 Å². The fourth-order valence-corrected chi connectivity index (χ4v) is 3.85. The Morgan fingerprint density at radius 2 is 2.05 bits per heavy atom. The van der Waals surface area contributed by atoms with E-state index in [9.17, 15) is 0 Å². The van der Waals surface area contributed by atoms with E-state index in [2.05, 4.69) is 32.6 Å². The van der Waals surface area contributed by atoms with E-state index in [1.807, 2.05) is 0 Å². The van der Waals surface area contributed by atoms with Crippen LogP contribution in [-0.4, -0.2) is 43.3 Å². The molecule has 2 rings (SSSR count). The van der Waals surface area contributed by atoms with E-state index in [4.69, 9.17) is 10.5 Å². The van der Waals surface area contributed by atoms with Crippen LogP contribution < -0.4 is 5.73 Å². The standard InChI is InChI=1S/C16H32N2O/c1-5-14-11-19-9-8-18(14)10-13-6-7-15(17)12(2)16(13,3)4/h12-15H,5-11,17H2,1-4H3. The van der Waals surface area contributed by atoms with Crippen LogP contribution in [0, 0.1) is 17.3 Å². The number of morpholine rings is 1. The molecule has 1 saturated heterocycles. The first-order valence-corrected chi connectivity index (χ1v) is 8.04. The highest BCUT2D eigenvalue weighted by Crippen LogP contribution is 2.44. The Kier molecular flexibility index (Phi) is 4.91. The Morgan fingerprint density at radius 1 is 1.32 bits per heavy atom. The van der Waals surface area contributed by atoms with Gasteiger partial charge in [-0.2, -0.15) is 0 Å². The molecular weight excluding hydrogens is 236 g/mol. The fraction of sp³-hybridized carbons (Fsp3) is 1.00. The van der Waals surface area contributed by atoms with Gasteiger partial charge in [0, 0.05) is 25.2 Å².